The average Bonchev–Trinajstić information content (AvgIpc) is 3.23. The maximum absolute atomic E-state index is 13.2. The van der Waals surface area contributed by atoms with Crippen LogP contribution >= 0.6 is 0 Å². The fourth-order valence-electron chi connectivity index (χ4n) is 3.75. The molecular formula is C25H24N4O5. The van der Waals surface area contributed by atoms with E-state index in [-0.39, 0.29) is 11.3 Å². The molecule has 0 saturated carbocycles. The lowest BCUT2D eigenvalue weighted by Crippen LogP contribution is -2.35. The number of carbonyl (C=O) groups excluding carboxylic acids is 2. The summed E-state index contributed by atoms with van der Waals surface area (Å²) >= 11 is 0. The third-order valence-corrected chi connectivity index (χ3v) is 5.62. The molecule has 0 saturated heterocycles. The number of carbonyl (C=O) groups is 2. The second-order valence-electron chi connectivity index (χ2n) is 7.84. The van der Waals surface area contributed by atoms with Crippen molar-refractivity contribution in [3.8, 4) is 17.0 Å². The second kappa shape index (κ2) is 9.30. The summed E-state index contributed by atoms with van der Waals surface area (Å²) in [6.45, 7) is 4.98. The predicted octanol–water partition coefficient (Wildman–Crippen LogP) is 4.16. The second-order valence-corrected chi connectivity index (χ2v) is 7.84. The van der Waals surface area contributed by atoms with Gasteiger partial charge < -0.3 is 14.6 Å². The molecule has 0 unspecified atom stereocenters. The van der Waals surface area contributed by atoms with Crippen LogP contribution in [0.1, 0.15) is 42.4 Å². The number of hydrogen-bond acceptors (Lipinski definition) is 7. The van der Waals surface area contributed by atoms with Crippen LogP contribution in [0.3, 0.4) is 0 Å². The number of nitrogens with zero attached hydrogens (tertiary/aromatic N) is 3. The van der Waals surface area contributed by atoms with E-state index in [0.717, 1.165) is 10.2 Å². The highest BCUT2D eigenvalue weighted by Crippen LogP contribution is 2.29. The van der Waals surface area contributed by atoms with Gasteiger partial charge in [0.2, 0.25) is 5.91 Å². The van der Waals surface area contributed by atoms with Crippen LogP contribution in [0, 0.1) is 6.92 Å². The number of Topliss-reactive ketones (excluding diaryl/α,β-unsaturated/α-hetero) is 1. The van der Waals surface area contributed by atoms with Crippen LogP contribution in [0.15, 0.2) is 57.8 Å². The van der Waals surface area contributed by atoms with Crippen molar-refractivity contribution in [2.45, 2.75) is 33.2 Å². The van der Waals surface area contributed by atoms with Gasteiger partial charge in [0.15, 0.2) is 11.3 Å². The number of ketones is 1. The average molecular weight is 460 g/mol. The molecule has 0 bridgehead atoms. The number of ether oxygens (including phenoxy) is 1. The van der Waals surface area contributed by atoms with Crippen molar-refractivity contribution in [2.24, 2.45) is 0 Å². The number of rotatable bonds is 7. The van der Waals surface area contributed by atoms with E-state index < -0.39 is 17.5 Å². The third-order valence-electron chi connectivity index (χ3n) is 5.62. The van der Waals surface area contributed by atoms with Gasteiger partial charge in [0.1, 0.15) is 23.2 Å². The van der Waals surface area contributed by atoms with Crippen LogP contribution < -0.4 is 15.6 Å². The molecular weight excluding hydrogens is 436 g/mol. The summed E-state index contributed by atoms with van der Waals surface area (Å²) in [7, 11) is 1.58. The zero-order valence-corrected chi connectivity index (χ0v) is 19.3. The minimum atomic E-state index is -0.890. The molecule has 0 radical (unpaired) electrons. The molecule has 1 atom stereocenters. The molecule has 0 aliphatic carbocycles. The molecule has 2 aromatic heterocycles. The van der Waals surface area contributed by atoms with E-state index in [2.05, 4.69) is 15.6 Å². The van der Waals surface area contributed by atoms with Crippen molar-refractivity contribution in [1.82, 2.24) is 14.9 Å². The van der Waals surface area contributed by atoms with Gasteiger partial charge >= 0.3 is 0 Å². The monoisotopic (exact) mass is 460 g/mol. The summed E-state index contributed by atoms with van der Waals surface area (Å²) in [5.74, 6) is 0.660. The lowest BCUT2D eigenvalue weighted by Gasteiger charge is -2.18. The number of aryl methyl sites for hydroxylation is 1. The van der Waals surface area contributed by atoms with Gasteiger partial charge in [-0.25, -0.2) is 4.68 Å². The Hall–Kier alpha value is -4.27. The Morgan fingerprint density at radius 2 is 1.79 bits per heavy atom. The van der Waals surface area contributed by atoms with Crippen molar-refractivity contribution >= 4 is 28.3 Å². The zero-order chi connectivity index (χ0) is 24.4. The van der Waals surface area contributed by atoms with Gasteiger partial charge in [-0.1, -0.05) is 12.1 Å². The van der Waals surface area contributed by atoms with Gasteiger partial charge in [-0.05, 0) is 68.8 Å². The molecule has 0 aliphatic rings. The first kappa shape index (κ1) is 22.9. The Kier molecular flexibility index (Phi) is 6.27. The van der Waals surface area contributed by atoms with Gasteiger partial charge in [0.25, 0.3) is 5.56 Å². The van der Waals surface area contributed by atoms with E-state index in [1.54, 1.807) is 57.4 Å². The van der Waals surface area contributed by atoms with Crippen molar-refractivity contribution in [3.63, 3.8) is 0 Å². The van der Waals surface area contributed by atoms with Gasteiger partial charge in [0, 0.05) is 16.8 Å². The maximum atomic E-state index is 13.2. The first-order valence-corrected chi connectivity index (χ1v) is 10.8. The smallest absolute Gasteiger partial charge is 0.297 e. The Balaban J connectivity index is 1.77. The van der Waals surface area contributed by atoms with Gasteiger partial charge in [-0.2, -0.15) is 5.10 Å². The Bertz CT molecular complexity index is 1420. The van der Waals surface area contributed by atoms with E-state index in [0.29, 0.717) is 40.3 Å². The largest absolute Gasteiger partial charge is 0.497 e. The Morgan fingerprint density at radius 1 is 1.12 bits per heavy atom. The molecule has 1 amide bonds. The van der Waals surface area contributed by atoms with Crippen LogP contribution in [0.5, 0.6) is 5.75 Å². The summed E-state index contributed by atoms with van der Waals surface area (Å²) in [5, 5.41) is 11.8. The molecule has 0 spiro atoms. The zero-order valence-electron chi connectivity index (χ0n) is 19.3. The minimum Gasteiger partial charge on any atom is -0.497 e. The predicted molar refractivity (Wildman–Crippen MR) is 127 cm³/mol. The molecule has 4 rings (SSSR count). The lowest BCUT2D eigenvalue weighted by atomic mass is 10.1. The van der Waals surface area contributed by atoms with E-state index in [1.165, 1.54) is 6.92 Å². The molecule has 0 fully saturated rings. The maximum Gasteiger partial charge on any atom is 0.297 e. The van der Waals surface area contributed by atoms with Crippen molar-refractivity contribution in [3.05, 3.63) is 70.2 Å². The standard InChI is InChI=1S/C25H24N4O5/c1-5-20(24(31)26-18-10-6-16(7-11-18)14(2)30)29-25(32)23-21(15(3)34-28-23)22(27-29)17-8-12-19(33-4)13-9-17/h6-13,20H,5H2,1-4H3,(H,26,31)/t20-/m0/s1. The highest BCUT2D eigenvalue weighted by molar-refractivity contribution is 5.97. The van der Waals surface area contributed by atoms with Crippen LogP contribution in [-0.2, 0) is 4.79 Å². The molecule has 9 heteroatoms. The molecule has 0 aliphatic heterocycles. The molecule has 174 valence electrons. The summed E-state index contributed by atoms with van der Waals surface area (Å²) < 4.78 is 11.7. The number of anilines is 1. The van der Waals surface area contributed by atoms with E-state index >= 15 is 0 Å². The number of benzene rings is 2. The van der Waals surface area contributed by atoms with E-state index in [9.17, 15) is 14.4 Å². The minimum absolute atomic E-state index is 0.0673. The molecule has 2 heterocycles. The molecule has 1 N–H and O–H groups in total. The highest BCUT2D eigenvalue weighted by atomic mass is 16.5. The number of aromatic nitrogens is 3. The van der Waals surface area contributed by atoms with Crippen molar-refractivity contribution < 1.29 is 18.8 Å². The van der Waals surface area contributed by atoms with Crippen LogP contribution in [-0.4, -0.2) is 33.7 Å². The third kappa shape index (κ3) is 4.19. The fraction of sp³-hybridized carbons (Fsp3) is 0.240. The molecule has 9 nitrogen and oxygen atoms in total. The summed E-state index contributed by atoms with van der Waals surface area (Å²) in [6.07, 6.45) is 0.314. The highest BCUT2D eigenvalue weighted by Gasteiger charge is 2.26. The quantitative estimate of drug-likeness (QED) is 0.412. The summed E-state index contributed by atoms with van der Waals surface area (Å²) in [6, 6.07) is 12.9. The lowest BCUT2D eigenvalue weighted by molar-refractivity contribution is -0.119. The van der Waals surface area contributed by atoms with Gasteiger partial charge in [-0.15, -0.1) is 0 Å². The first-order valence-electron chi connectivity index (χ1n) is 10.8. The number of methoxy groups -OCH3 is 1. The van der Waals surface area contributed by atoms with Crippen molar-refractivity contribution in [1.29, 1.82) is 0 Å². The molecule has 34 heavy (non-hydrogen) atoms. The number of amides is 1. The summed E-state index contributed by atoms with van der Waals surface area (Å²) in [5.41, 5.74) is 1.84. The number of fused-ring (bicyclic) bond motifs is 1. The summed E-state index contributed by atoms with van der Waals surface area (Å²) in [4.78, 5) is 37.9. The number of hydrogen-bond donors (Lipinski definition) is 1. The SMILES string of the molecule is CC[C@@H](C(=O)Nc1ccc(C(C)=O)cc1)n1nc(-c2ccc(OC)cc2)c2c(C)onc2c1=O. The molecule has 2 aromatic carbocycles. The van der Waals surface area contributed by atoms with Crippen LogP contribution in [0.2, 0.25) is 0 Å². The topological polar surface area (TPSA) is 116 Å². The fourth-order valence-corrected chi connectivity index (χ4v) is 3.75. The normalized spacial score (nSPS) is 11.9. The Labute approximate surface area is 195 Å². The molecule has 4 aromatic rings. The van der Waals surface area contributed by atoms with Crippen LogP contribution in [0.4, 0.5) is 5.69 Å². The van der Waals surface area contributed by atoms with Crippen molar-refractivity contribution in [2.75, 3.05) is 12.4 Å². The number of nitrogens with one attached hydrogen (secondary N) is 1. The Morgan fingerprint density at radius 3 is 2.38 bits per heavy atom. The first-order chi connectivity index (χ1) is 16.3. The van der Waals surface area contributed by atoms with Gasteiger partial charge in [0.05, 0.1) is 12.5 Å². The van der Waals surface area contributed by atoms with Gasteiger partial charge in [-0.3, -0.25) is 14.4 Å². The van der Waals surface area contributed by atoms with E-state index in [1.807, 2.05) is 12.1 Å². The van der Waals surface area contributed by atoms with Crippen LogP contribution in [0.25, 0.3) is 22.2 Å². The van der Waals surface area contributed by atoms with E-state index in [4.69, 9.17) is 9.26 Å².